The fraction of sp³-hybridized carbons (Fsp3) is 0.214. The number of halogens is 3. The quantitative estimate of drug-likeness (QED) is 0.222. The van der Waals surface area contributed by atoms with E-state index in [1.165, 1.54) is 36.4 Å². The summed E-state index contributed by atoms with van der Waals surface area (Å²) in [6.45, 7) is 4.22. The number of rotatable bonds is 7. The van der Waals surface area contributed by atoms with Crippen molar-refractivity contribution in [3.05, 3.63) is 89.0 Å². The van der Waals surface area contributed by atoms with Gasteiger partial charge in [-0.05, 0) is 66.9 Å². The van der Waals surface area contributed by atoms with Crippen molar-refractivity contribution in [3.63, 3.8) is 0 Å². The van der Waals surface area contributed by atoms with Gasteiger partial charge in [0.2, 0.25) is 0 Å². The van der Waals surface area contributed by atoms with Gasteiger partial charge in [0.25, 0.3) is 11.7 Å². The van der Waals surface area contributed by atoms with E-state index in [0.717, 1.165) is 23.5 Å². The summed E-state index contributed by atoms with van der Waals surface area (Å²) in [6, 6.07) is 13.8. The molecule has 1 heterocycles. The predicted molar refractivity (Wildman–Crippen MR) is 133 cm³/mol. The van der Waals surface area contributed by atoms with E-state index in [1.807, 2.05) is 6.92 Å². The molecule has 3 aromatic carbocycles. The Bertz CT molecular complexity index is 1400. The summed E-state index contributed by atoms with van der Waals surface area (Å²) < 4.78 is 48.1. The second kappa shape index (κ2) is 10.5. The zero-order chi connectivity index (χ0) is 27.6. The molecule has 7 nitrogen and oxygen atoms in total. The molecule has 10 heteroatoms. The molecule has 4 rings (SSSR count). The lowest BCUT2D eigenvalue weighted by atomic mass is 9.94. The highest BCUT2D eigenvalue weighted by molar-refractivity contribution is 6.51. The molecule has 1 aliphatic rings. The molecule has 0 saturated carbocycles. The molecule has 1 amide bonds. The summed E-state index contributed by atoms with van der Waals surface area (Å²) in [7, 11) is 0. The number of phenolic OH excluding ortho intramolecular Hbond substituents is 1. The van der Waals surface area contributed by atoms with Gasteiger partial charge < -0.3 is 19.7 Å². The third kappa shape index (κ3) is 5.44. The molecule has 0 spiro atoms. The maximum atomic E-state index is 13.3. The maximum Gasteiger partial charge on any atom is 0.573 e. The number of Topliss-reactive ketones (excluding diaryl/α,β-unsaturated/α-hetero) is 1. The molecule has 1 aliphatic heterocycles. The molecule has 0 bridgehead atoms. The van der Waals surface area contributed by atoms with Gasteiger partial charge >= 0.3 is 6.36 Å². The smallest absolute Gasteiger partial charge is 0.508 e. The lowest BCUT2D eigenvalue weighted by molar-refractivity contribution is -0.274. The van der Waals surface area contributed by atoms with Crippen LogP contribution in [0.4, 0.5) is 18.9 Å². The van der Waals surface area contributed by atoms with Crippen LogP contribution in [0.25, 0.3) is 5.76 Å². The van der Waals surface area contributed by atoms with Crippen LogP contribution in [0.3, 0.4) is 0 Å². The number of alkyl halides is 3. The van der Waals surface area contributed by atoms with Gasteiger partial charge in [-0.15, -0.1) is 13.2 Å². The average Bonchev–Trinajstić information content (AvgIpc) is 3.12. The first kappa shape index (κ1) is 26.6. The number of aliphatic hydroxyl groups is 1. The van der Waals surface area contributed by atoms with Gasteiger partial charge in [-0.3, -0.25) is 14.5 Å². The van der Waals surface area contributed by atoms with E-state index in [4.69, 9.17) is 4.74 Å². The van der Waals surface area contributed by atoms with Crippen molar-refractivity contribution in [2.24, 2.45) is 0 Å². The number of aryl methyl sites for hydroxylation is 1. The van der Waals surface area contributed by atoms with Crippen LogP contribution < -0.4 is 14.4 Å². The highest BCUT2D eigenvalue weighted by atomic mass is 19.4. The number of phenols is 1. The van der Waals surface area contributed by atoms with E-state index < -0.39 is 35.6 Å². The number of carbonyl (C=O) groups excluding carboxylic acids is 2. The minimum absolute atomic E-state index is 0.0505. The largest absolute Gasteiger partial charge is 0.573 e. The number of aromatic hydroxyl groups is 1. The molecule has 2 N–H and O–H groups in total. The Labute approximate surface area is 216 Å². The van der Waals surface area contributed by atoms with Gasteiger partial charge in [-0.1, -0.05) is 25.1 Å². The highest BCUT2D eigenvalue weighted by Gasteiger charge is 2.47. The molecular weight excluding hydrogens is 503 g/mol. The van der Waals surface area contributed by atoms with E-state index in [2.05, 4.69) is 4.74 Å². The molecule has 198 valence electrons. The standard InChI is InChI=1S/C28H24F3NO6/c1-3-13-37-22-12-9-18(14-16(22)2)25(34)23-24(17-7-10-20(33)11-8-17)32(27(36)26(23)35)19-5-4-6-21(15-19)38-28(29,30)31/h4-12,14-15,24,33-34H,3,13H2,1-2H3/b25-23+. The fourth-order valence-corrected chi connectivity index (χ4v) is 4.23. The summed E-state index contributed by atoms with van der Waals surface area (Å²) in [6.07, 6.45) is -4.17. The fourth-order valence-electron chi connectivity index (χ4n) is 4.23. The molecule has 3 aromatic rings. The Morgan fingerprint density at radius 1 is 1.03 bits per heavy atom. The van der Waals surface area contributed by atoms with Crippen LogP contribution in [-0.2, 0) is 9.59 Å². The third-order valence-corrected chi connectivity index (χ3v) is 5.89. The van der Waals surface area contributed by atoms with Crippen LogP contribution in [0.15, 0.2) is 72.3 Å². The Hall–Kier alpha value is -4.47. The van der Waals surface area contributed by atoms with Crippen LogP contribution in [0.1, 0.15) is 36.1 Å². The summed E-state index contributed by atoms with van der Waals surface area (Å²) >= 11 is 0. The van der Waals surface area contributed by atoms with Crippen molar-refractivity contribution in [1.82, 2.24) is 0 Å². The third-order valence-electron chi connectivity index (χ3n) is 5.89. The van der Waals surface area contributed by atoms with E-state index in [0.29, 0.717) is 23.5 Å². The van der Waals surface area contributed by atoms with Crippen molar-refractivity contribution in [2.75, 3.05) is 11.5 Å². The Balaban J connectivity index is 1.86. The number of ketones is 1. The topological polar surface area (TPSA) is 96.3 Å². The molecule has 0 aromatic heterocycles. The van der Waals surface area contributed by atoms with E-state index >= 15 is 0 Å². The van der Waals surface area contributed by atoms with Crippen molar-refractivity contribution >= 4 is 23.1 Å². The second-order valence-corrected chi connectivity index (χ2v) is 8.63. The number of hydrogen-bond acceptors (Lipinski definition) is 6. The van der Waals surface area contributed by atoms with Crippen LogP contribution in [-0.4, -0.2) is 34.9 Å². The van der Waals surface area contributed by atoms with Gasteiger partial charge in [-0.25, -0.2) is 0 Å². The monoisotopic (exact) mass is 527 g/mol. The number of hydrogen-bond donors (Lipinski definition) is 2. The zero-order valence-electron chi connectivity index (χ0n) is 20.5. The average molecular weight is 527 g/mol. The Morgan fingerprint density at radius 2 is 1.74 bits per heavy atom. The van der Waals surface area contributed by atoms with Crippen molar-refractivity contribution in [2.45, 2.75) is 32.7 Å². The van der Waals surface area contributed by atoms with E-state index in [-0.39, 0.29) is 22.6 Å². The Morgan fingerprint density at radius 3 is 2.37 bits per heavy atom. The van der Waals surface area contributed by atoms with Crippen molar-refractivity contribution in [1.29, 1.82) is 0 Å². The van der Waals surface area contributed by atoms with Gasteiger partial charge in [0, 0.05) is 17.3 Å². The predicted octanol–water partition coefficient (Wildman–Crippen LogP) is 6.01. The zero-order valence-corrected chi connectivity index (χ0v) is 20.5. The van der Waals surface area contributed by atoms with Gasteiger partial charge in [0.15, 0.2) is 0 Å². The summed E-state index contributed by atoms with van der Waals surface area (Å²) in [5.74, 6) is -2.60. The number of aliphatic hydroxyl groups excluding tert-OH is 1. The SMILES string of the molecule is CCCOc1ccc(/C(O)=C2\C(=O)C(=O)N(c3cccc(OC(F)(F)F)c3)C2c2ccc(O)cc2)cc1C. The first-order valence-electron chi connectivity index (χ1n) is 11.7. The minimum atomic E-state index is -4.96. The number of ether oxygens (including phenoxy) is 2. The van der Waals surface area contributed by atoms with Gasteiger partial charge in [0.05, 0.1) is 18.2 Å². The second-order valence-electron chi connectivity index (χ2n) is 8.63. The van der Waals surface area contributed by atoms with Crippen molar-refractivity contribution < 1.29 is 42.4 Å². The van der Waals surface area contributed by atoms with Gasteiger partial charge in [0.1, 0.15) is 23.0 Å². The maximum absolute atomic E-state index is 13.3. The minimum Gasteiger partial charge on any atom is -0.508 e. The number of carbonyl (C=O) groups is 2. The normalized spacial score (nSPS) is 17.1. The lowest BCUT2D eigenvalue weighted by Gasteiger charge is -2.26. The Kier molecular flexibility index (Phi) is 7.34. The summed E-state index contributed by atoms with van der Waals surface area (Å²) in [4.78, 5) is 27.5. The molecule has 1 atom stereocenters. The van der Waals surface area contributed by atoms with E-state index in [1.54, 1.807) is 25.1 Å². The molecule has 1 fully saturated rings. The molecule has 1 unspecified atom stereocenters. The molecule has 0 radical (unpaired) electrons. The molecular formula is C28H24F3NO6. The number of benzene rings is 3. The van der Waals surface area contributed by atoms with Crippen molar-refractivity contribution in [3.8, 4) is 17.2 Å². The van der Waals surface area contributed by atoms with Gasteiger partial charge in [-0.2, -0.15) is 0 Å². The first-order chi connectivity index (χ1) is 18.0. The number of amides is 1. The van der Waals surface area contributed by atoms with Crippen LogP contribution >= 0.6 is 0 Å². The van der Waals surface area contributed by atoms with Crippen LogP contribution in [0.2, 0.25) is 0 Å². The summed E-state index contributed by atoms with van der Waals surface area (Å²) in [5.41, 5.74) is 0.970. The molecule has 38 heavy (non-hydrogen) atoms. The number of anilines is 1. The highest BCUT2D eigenvalue weighted by Crippen LogP contribution is 2.43. The summed E-state index contributed by atoms with van der Waals surface area (Å²) in [5, 5.41) is 21.0. The first-order valence-corrected chi connectivity index (χ1v) is 11.7. The van der Waals surface area contributed by atoms with Crippen LogP contribution in [0, 0.1) is 6.92 Å². The van der Waals surface area contributed by atoms with E-state index in [9.17, 15) is 33.0 Å². The lowest BCUT2D eigenvalue weighted by Crippen LogP contribution is -2.29. The number of nitrogens with zero attached hydrogens (tertiary/aromatic N) is 1. The van der Waals surface area contributed by atoms with Crippen LogP contribution in [0.5, 0.6) is 17.2 Å². The molecule has 1 saturated heterocycles. The molecule has 0 aliphatic carbocycles.